The Kier molecular flexibility index (Phi) is 4.20. The monoisotopic (exact) mass is 351 g/mol. The van der Waals surface area contributed by atoms with Gasteiger partial charge in [-0.2, -0.15) is 9.97 Å². The number of hydrogen-bond acceptors (Lipinski definition) is 5. The van der Waals surface area contributed by atoms with Crippen molar-refractivity contribution in [2.45, 2.75) is 38.3 Å². The first-order valence-corrected chi connectivity index (χ1v) is 8.83. The van der Waals surface area contributed by atoms with Crippen molar-refractivity contribution in [3.63, 3.8) is 0 Å². The molecule has 1 saturated carbocycles. The first-order valence-electron chi connectivity index (χ1n) is 8.83. The molecule has 0 aliphatic heterocycles. The molecule has 1 fully saturated rings. The third-order valence-corrected chi connectivity index (χ3v) is 4.92. The van der Waals surface area contributed by atoms with E-state index in [2.05, 4.69) is 15.3 Å². The molecule has 1 aromatic carbocycles. The second kappa shape index (κ2) is 6.67. The number of anilines is 2. The average Bonchev–Trinajstić information content (AvgIpc) is 3.27. The molecule has 26 heavy (non-hydrogen) atoms. The quantitative estimate of drug-likeness (QED) is 0.650. The van der Waals surface area contributed by atoms with Gasteiger partial charge in [0, 0.05) is 12.6 Å². The van der Waals surface area contributed by atoms with Crippen molar-refractivity contribution in [3.05, 3.63) is 47.7 Å². The van der Waals surface area contributed by atoms with Gasteiger partial charge in [-0.3, -0.25) is 0 Å². The van der Waals surface area contributed by atoms with E-state index in [4.69, 9.17) is 5.73 Å². The lowest BCUT2D eigenvalue weighted by atomic mass is 10.2. The Hall–Kier alpha value is -3.09. The minimum atomic E-state index is -0.956. The zero-order chi connectivity index (χ0) is 18.1. The van der Waals surface area contributed by atoms with E-state index in [0.717, 1.165) is 31.2 Å². The van der Waals surface area contributed by atoms with Gasteiger partial charge in [0.15, 0.2) is 0 Å². The lowest BCUT2D eigenvalue weighted by Crippen LogP contribution is -2.13. The molecule has 4 N–H and O–H groups in total. The topological polar surface area (TPSA) is 106 Å². The second-order valence-corrected chi connectivity index (χ2v) is 6.65. The first kappa shape index (κ1) is 16.4. The van der Waals surface area contributed by atoms with Gasteiger partial charge in [0.1, 0.15) is 17.2 Å². The van der Waals surface area contributed by atoms with Gasteiger partial charge in [-0.1, -0.05) is 43.2 Å². The van der Waals surface area contributed by atoms with Gasteiger partial charge in [0.2, 0.25) is 5.95 Å². The molecule has 0 atom stereocenters. The molecule has 0 amide bonds. The largest absolute Gasteiger partial charge is 0.477 e. The maximum Gasteiger partial charge on any atom is 0.352 e. The van der Waals surface area contributed by atoms with Crippen LogP contribution in [0.25, 0.3) is 11.0 Å². The smallest absolute Gasteiger partial charge is 0.352 e. The lowest BCUT2D eigenvalue weighted by Gasteiger charge is -2.15. The Morgan fingerprint density at radius 1 is 1.23 bits per heavy atom. The summed E-state index contributed by atoms with van der Waals surface area (Å²) in [5, 5.41) is 13.6. The number of carboxylic acid groups (broad SMARTS) is 1. The first-order chi connectivity index (χ1) is 12.6. The Morgan fingerprint density at radius 2 is 1.96 bits per heavy atom. The van der Waals surface area contributed by atoms with Crippen molar-refractivity contribution in [3.8, 4) is 0 Å². The fraction of sp³-hybridized carbons (Fsp3) is 0.316. The summed E-state index contributed by atoms with van der Waals surface area (Å²) in [6.45, 7) is 0.573. The number of nitrogens with zero attached hydrogens (tertiary/aromatic N) is 3. The number of fused-ring (bicyclic) bond motifs is 1. The van der Waals surface area contributed by atoms with Gasteiger partial charge >= 0.3 is 5.97 Å². The fourth-order valence-corrected chi connectivity index (χ4v) is 3.72. The summed E-state index contributed by atoms with van der Waals surface area (Å²) in [5.74, 6) is -0.250. The van der Waals surface area contributed by atoms with Gasteiger partial charge in [-0.15, -0.1) is 0 Å². The summed E-state index contributed by atoms with van der Waals surface area (Å²) in [5.41, 5.74) is 7.87. The Balaban J connectivity index is 1.78. The average molecular weight is 351 g/mol. The number of carboxylic acids is 1. The Labute approximate surface area is 150 Å². The summed E-state index contributed by atoms with van der Waals surface area (Å²) in [7, 11) is 0. The highest BCUT2D eigenvalue weighted by molar-refractivity contribution is 5.98. The zero-order valence-corrected chi connectivity index (χ0v) is 14.4. The predicted molar refractivity (Wildman–Crippen MR) is 100 cm³/mol. The molecule has 4 rings (SSSR count). The Morgan fingerprint density at radius 3 is 2.65 bits per heavy atom. The van der Waals surface area contributed by atoms with E-state index in [1.807, 2.05) is 34.9 Å². The molecule has 0 unspecified atom stereocenters. The van der Waals surface area contributed by atoms with E-state index in [1.54, 1.807) is 6.07 Å². The maximum absolute atomic E-state index is 11.8. The van der Waals surface area contributed by atoms with Crippen molar-refractivity contribution in [2.24, 2.45) is 0 Å². The minimum absolute atomic E-state index is 0.141. The van der Waals surface area contributed by atoms with E-state index >= 15 is 0 Å². The van der Waals surface area contributed by atoms with Crippen molar-refractivity contribution >= 4 is 28.8 Å². The van der Waals surface area contributed by atoms with Crippen LogP contribution in [0.2, 0.25) is 0 Å². The molecule has 134 valence electrons. The van der Waals surface area contributed by atoms with Crippen molar-refractivity contribution in [1.82, 2.24) is 14.5 Å². The van der Waals surface area contributed by atoms with Gasteiger partial charge in [0.25, 0.3) is 0 Å². The van der Waals surface area contributed by atoms with Gasteiger partial charge in [-0.25, -0.2) is 4.79 Å². The van der Waals surface area contributed by atoms with Gasteiger partial charge in [-0.05, 0) is 24.5 Å². The Bertz CT molecular complexity index is 945. The number of hydrogen-bond donors (Lipinski definition) is 3. The zero-order valence-electron chi connectivity index (χ0n) is 14.4. The predicted octanol–water partition coefficient (Wildman–Crippen LogP) is 3.44. The van der Waals surface area contributed by atoms with Crippen LogP contribution in [0.15, 0.2) is 36.4 Å². The molecule has 2 aromatic heterocycles. The highest BCUT2D eigenvalue weighted by atomic mass is 16.4. The van der Waals surface area contributed by atoms with Crippen LogP contribution in [-0.2, 0) is 6.54 Å². The molecule has 0 saturated heterocycles. The number of nitrogens with one attached hydrogen (secondary N) is 1. The van der Waals surface area contributed by atoms with Crippen LogP contribution in [0.1, 0.15) is 47.8 Å². The van der Waals surface area contributed by atoms with Crippen LogP contribution in [-0.4, -0.2) is 25.6 Å². The lowest BCUT2D eigenvalue weighted by molar-refractivity contribution is 0.0683. The van der Waals surface area contributed by atoms with E-state index in [1.165, 1.54) is 0 Å². The molecule has 0 radical (unpaired) electrons. The third-order valence-electron chi connectivity index (χ3n) is 4.92. The number of nitrogen functional groups attached to an aromatic ring is 1. The molecule has 7 nitrogen and oxygen atoms in total. The highest BCUT2D eigenvalue weighted by Crippen LogP contribution is 2.36. The molecular weight excluding hydrogens is 330 g/mol. The van der Waals surface area contributed by atoms with Crippen molar-refractivity contribution < 1.29 is 9.90 Å². The van der Waals surface area contributed by atoms with E-state index < -0.39 is 5.97 Å². The molecule has 2 heterocycles. The third kappa shape index (κ3) is 2.96. The van der Waals surface area contributed by atoms with E-state index in [0.29, 0.717) is 23.4 Å². The normalized spacial score (nSPS) is 14.8. The summed E-state index contributed by atoms with van der Waals surface area (Å²) < 4.78 is 1.83. The fourth-order valence-electron chi connectivity index (χ4n) is 3.72. The number of aromatic nitrogens is 3. The summed E-state index contributed by atoms with van der Waals surface area (Å²) in [6.07, 6.45) is 4.12. The number of nitrogens with two attached hydrogens (primary N) is 1. The molecule has 0 spiro atoms. The van der Waals surface area contributed by atoms with Crippen LogP contribution >= 0.6 is 0 Å². The maximum atomic E-state index is 11.8. The number of aromatic carboxylic acids is 1. The molecule has 1 aliphatic rings. The number of benzene rings is 1. The van der Waals surface area contributed by atoms with Crippen molar-refractivity contribution in [2.75, 3.05) is 11.1 Å². The molecule has 1 aliphatic carbocycles. The standard InChI is InChI=1S/C19H21N5O2/c20-19-22-16(21-11-12-6-2-1-3-7-12)14-10-15(18(25)26)24(17(14)23-19)13-8-4-5-9-13/h1-3,6-7,10,13H,4-5,8-9,11H2,(H,25,26)(H3,20,21,22,23). The molecular formula is C19H21N5O2. The molecule has 7 heteroatoms. The van der Waals surface area contributed by atoms with Crippen LogP contribution < -0.4 is 11.1 Å². The SMILES string of the molecule is Nc1nc(NCc2ccccc2)c2cc(C(=O)O)n(C3CCCC3)c2n1. The van der Waals surface area contributed by atoms with Crippen LogP contribution in [0.3, 0.4) is 0 Å². The highest BCUT2D eigenvalue weighted by Gasteiger charge is 2.26. The van der Waals surface area contributed by atoms with Crippen LogP contribution in [0.5, 0.6) is 0 Å². The molecule has 3 aromatic rings. The van der Waals surface area contributed by atoms with Gasteiger partial charge in [0.05, 0.1) is 5.39 Å². The number of rotatable bonds is 5. The minimum Gasteiger partial charge on any atom is -0.477 e. The van der Waals surface area contributed by atoms with Crippen molar-refractivity contribution in [1.29, 1.82) is 0 Å². The van der Waals surface area contributed by atoms with E-state index in [-0.39, 0.29) is 17.7 Å². The number of carbonyl (C=O) groups is 1. The van der Waals surface area contributed by atoms with Crippen LogP contribution in [0.4, 0.5) is 11.8 Å². The second-order valence-electron chi connectivity index (χ2n) is 6.65. The summed E-state index contributed by atoms with van der Waals surface area (Å²) in [6, 6.07) is 11.7. The van der Waals surface area contributed by atoms with E-state index in [9.17, 15) is 9.90 Å². The summed E-state index contributed by atoms with van der Waals surface area (Å²) in [4.78, 5) is 20.5. The van der Waals surface area contributed by atoms with Crippen LogP contribution in [0, 0.1) is 0 Å². The van der Waals surface area contributed by atoms with Gasteiger partial charge < -0.3 is 20.7 Å². The molecule has 0 bridgehead atoms. The summed E-state index contributed by atoms with van der Waals surface area (Å²) >= 11 is 0.